The number of hydrogen-bond acceptors (Lipinski definition) is 6. The highest BCUT2D eigenvalue weighted by Crippen LogP contribution is 2.36. The lowest BCUT2D eigenvalue weighted by molar-refractivity contribution is 0.00578. The monoisotopic (exact) mass is 594 g/mol. The molecule has 0 saturated carbocycles. The molecule has 4 aromatic carbocycles. The molecule has 0 spiro atoms. The van der Waals surface area contributed by atoms with Gasteiger partial charge in [0.1, 0.15) is 5.82 Å². The summed E-state index contributed by atoms with van der Waals surface area (Å²) < 4.78 is 12.8. The molecule has 0 radical (unpaired) electrons. The SMILES string of the molecule is CC1(C)OB(c2ccccc2C#N)OC1(C)C.Nc1ccccc1Br.Nc1nc2ccccc2c2ccccc12. The maximum atomic E-state index is 9.08. The minimum absolute atomic E-state index is 0.375. The molecule has 1 fully saturated rings. The van der Waals surface area contributed by atoms with E-state index in [-0.39, 0.29) is 11.2 Å². The summed E-state index contributed by atoms with van der Waals surface area (Å²) in [4.78, 5) is 4.38. The predicted octanol–water partition coefficient (Wildman–Crippen LogP) is 6.86. The fourth-order valence-electron chi connectivity index (χ4n) is 4.18. The van der Waals surface area contributed by atoms with E-state index in [1.165, 1.54) is 5.39 Å². The second-order valence-electron chi connectivity index (χ2n) is 10.4. The fraction of sp³-hybridized carbons (Fsp3) is 0.188. The molecule has 6 nitrogen and oxygen atoms in total. The molecule has 2 heterocycles. The highest BCUT2D eigenvalue weighted by molar-refractivity contribution is 9.10. The van der Waals surface area contributed by atoms with Crippen LogP contribution in [0.5, 0.6) is 0 Å². The van der Waals surface area contributed by atoms with Gasteiger partial charge in [0, 0.05) is 26.4 Å². The van der Waals surface area contributed by atoms with Crippen molar-refractivity contribution in [3.63, 3.8) is 0 Å². The van der Waals surface area contributed by atoms with Crippen LogP contribution >= 0.6 is 15.9 Å². The molecular formula is C32H32BBrN4O2. The number of nitrogens with zero attached hydrogens (tertiary/aromatic N) is 2. The van der Waals surface area contributed by atoms with Gasteiger partial charge in [0.2, 0.25) is 0 Å². The predicted molar refractivity (Wildman–Crippen MR) is 169 cm³/mol. The molecule has 0 aliphatic carbocycles. The molecular weight excluding hydrogens is 563 g/mol. The highest BCUT2D eigenvalue weighted by atomic mass is 79.9. The van der Waals surface area contributed by atoms with E-state index >= 15 is 0 Å². The summed E-state index contributed by atoms with van der Waals surface area (Å²) in [5.41, 5.74) is 13.8. The van der Waals surface area contributed by atoms with Crippen molar-refractivity contribution in [3.8, 4) is 6.07 Å². The van der Waals surface area contributed by atoms with Gasteiger partial charge in [-0.1, -0.05) is 72.8 Å². The molecule has 1 aliphatic heterocycles. The number of aromatic nitrogens is 1. The number of hydrogen-bond donors (Lipinski definition) is 2. The van der Waals surface area contributed by atoms with E-state index in [2.05, 4.69) is 39.1 Å². The van der Waals surface area contributed by atoms with E-state index in [9.17, 15) is 0 Å². The lowest BCUT2D eigenvalue weighted by Gasteiger charge is -2.32. The summed E-state index contributed by atoms with van der Waals surface area (Å²) >= 11 is 3.27. The molecule has 0 atom stereocenters. The van der Waals surface area contributed by atoms with E-state index in [1.54, 1.807) is 6.07 Å². The highest BCUT2D eigenvalue weighted by Gasteiger charge is 2.52. The van der Waals surface area contributed by atoms with Gasteiger partial charge in [0.25, 0.3) is 0 Å². The first-order valence-corrected chi connectivity index (χ1v) is 13.7. The van der Waals surface area contributed by atoms with Crippen LogP contribution < -0.4 is 16.9 Å². The first-order chi connectivity index (χ1) is 19.0. The Kier molecular flexibility index (Phi) is 8.80. The van der Waals surface area contributed by atoms with Crippen LogP contribution in [0.15, 0.2) is 102 Å². The third-order valence-electron chi connectivity index (χ3n) is 7.13. The minimum Gasteiger partial charge on any atom is -0.399 e. The van der Waals surface area contributed by atoms with Crippen molar-refractivity contribution in [2.24, 2.45) is 0 Å². The van der Waals surface area contributed by atoms with Gasteiger partial charge in [-0.25, -0.2) is 4.98 Å². The van der Waals surface area contributed by atoms with Gasteiger partial charge in [-0.05, 0) is 73.3 Å². The number of nitrogens with two attached hydrogens (primary N) is 2. The van der Waals surface area contributed by atoms with Crippen LogP contribution in [-0.2, 0) is 9.31 Å². The fourth-order valence-corrected chi connectivity index (χ4v) is 4.46. The second kappa shape index (κ2) is 12.1. The number of para-hydroxylation sites is 2. The van der Waals surface area contributed by atoms with Crippen molar-refractivity contribution >= 4 is 61.7 Å². The summed E-state index contributed by atoms with van der Waals surface area (Å²) in [7, 11) is -0.462. The van der Waals surface area contributed by atoms with Crippen molar-refractivity contribution in [2.45, 2.75) is 38.9 Å². The van der Waals surface area contributed by atoms with Crippen molar-refractivity contribution in [1.29, 1.82) is 5.26 Å². The van der Waals surface area contributed by atoms with Gasteiger partial charge >= 0.3 is 7.12 Å². The van der Waals surface area contributed by atoms with Crippen LogP contribution in [0.25, 0.3) is 21.7 Å². The van der Waals surface area contributed by atoms with Crippen LogP contribution in [-0.4, -0.2) is 23.3 Å². The molecule has 40 heavy (non-hydrogen) atoms. The molecule has 1 aromatic heterocycles. The normalized spacial score (nSPS) is 14.9. The van der Waals surface area contributed by atoms with Gasteiger partial charge in [-0.15, -0.1) is 0 Å². The van der Waals surface area contributed by atoms with E-state index in [1.807, 2.05) is 107 Å². The number of benzene rings is 4. The third kappa shape index (κ3) is 6.29. The van der Waals surface area contributed by atoms with Crippen LogP contribution in [0.3, 0.4) is 0 Å². The minimum atomic E-state index is -0.462. The van der Waals surface area contributed by atoms with Crippen LogP contribution in [0.1, 0.15) is 33.3 Å². The number of anilines is 2. The van der Waals surface area contributed by atoms with Gasteiger partial charge in [0.05, 0.1) is 28.4 Å². The largest absolute Gasteiger partial charge is 0.496 e. The molecule has 0 bridgehead atoms. The molecule has 1 aliphatic rings. The number of nitrogen functional groups attached to an aromatic ring is 2. The Morgan fingerprint density at radius 2 is 1.25 bits per heavy atom. The summed E-state index contributed by atoms with van der Waals surface area (Å²) in [6.07, 6.45) is 0. The van der Waals surface area contributed by atoms with Crippen molar-refractivity contribution in [2.75, 3.05) is 11.5 Å². The number of fused-ring (bicyclic) bond motifs is 3. The smallest absolute Gasteiger partial charge is 0.399 e. The Bertz CT molecular complexity index is 1650. The van der Waals surface area contributed by atoms with Gasteiger partial charge in [-0.3, -0.25) is 0 Å². The van der Waals surface area contributed by atoms with Crippen LogP contribution in [0.2, 0.25) is 0 Å². The number of rotatable bonds is 1. The third-order valence-corrected chi connectivity index (χ3v) is 7.85. The molecule has 6 rings (SSSR count). The average Bonchev–Trinajstić information content (AvgIpc) is 3.17. The first kappa shape index (κ1) is 29.1. The lowest BCUT2D eigenvalue weighted by Crippen LogP contribution is -2.41. The van der Waals surface area contributed by atoms with Crippen molar-refractivity contribution in [1.82, 2.24) is 4.98 Å². The summed E-state index contributed by atoms with van der Waals surface area (Å²) in [5.74, 6) is 0.601. The molecule has 0 amide bonds. The zero-order valence-electron chi connectivity index (χ0n) is 23.1. The zero-order chi connectivity index (χ0) is 28.9. The lowest BCUT2D eigenvalue weighted by atomic mass is 9.76. The molecule has 1 saturated heterocycles. The van der Waals surface area contributed by atoms with Crippen LogP contribution in [0.4, 0.5) is 11.5 Å². The molecule has 4 N–H and O–H groups in total. The van der Waals surface area contributed by atoms with E-state index < -0.39 is 7.12 Å². The van der Waals surface area contributed by atoms with Gasteiger partial charge < -0.3 is 20.8 Å². The molecule has 5 aromatic rings. The summed E-state index contributed by atoms with van der Waals surface area (Å²) in [6.45, 7) is 8.01. The maximum Gasteiger partial charge on any atom is 0.496 e. The average molecular weight is 595 g/mol. The van der Waals surface area contributed by atoms with E-state index in [0.717, 1.165) is 31.9 Å². The summed E-state index contributed by atoms with van der Waals surface area (Å²) in [6, 6.07) is 33.3. The zero-order valence-corrected chi connectivity index (χ0v) is 24.6. The number of nitriles is 1. The molecule has 8 heteroatoms. The van der Waals surface area contributed by atoms with E-state index in [0.29, 0.717) is 11.4 Å². The first-order valence-electron chi connectivity index (χ1n) is 12.9. The molecule has 0 unspecified atom stereocenters. The Labute approximate surface area is 244 Å². The number of halogens is 1. The van der Waals surface area contributed by atoms with Gasteiger partial charge in [-0.2, -0.15) is 5.26 Å². The Balaban J connectivity index is 0.000000147. The standard InChI is InChI=1S/C13H16BNO2.C13H10N2.C6H6BrN/c1-12(2)13(3,4)17-14(16-12)11-8-6-5-7-10(11)9-15;14-13-11-7-2-1-5-9(11)10-6-3-4-8-12(10)15-13;7-5-3-1-2-4-6(5)8/h5-8H,1-4H3;1-8H,(H2,14,15);1-4H,8H2. The van der Waals surface area contributed by atoms with Crippen molar-refractivity contribution in [3.05, 3.63) is 107 Å². The second-order valence-corrected chi connectivity index (χ2v) is 11.2. The Morgan fingerprint density at radius 1 is 0.725 bits per heavy atom. The topological polar surface area (TPSA) is 107 Å². The quantitative estimate of drug-likeness (QED) is 0.125. The molecule has 202 valence electrons. The van der Waals surface area contributed by atoms with Crippen LogP contribution in [0, 0.1) is 11.3 Å². The van der Waals surface area contributed by atoms with E-state index in [4.69, 9.17) is 26.0 Å². The van der Waals surface area contributed by atoms with Crippen molar-refractivity contribution < 1.29 is 9.31 Å². The number of pyridine rings is 1. The Morgan fingerprint density at radius 3 is 1.85 bits per heavy atom. The summed E-state index contributed by atoms with van der Waals surface area (Å²) in [5, 5.41) is 12.4. The van der Waals surface area contributed by atoms with Gasteiger partial charge in [0.15, 0.2) is 0 Å². The Hall–Kier alpha value is -3.90. The maximum absolute atomic E-state index is 9.08.